The highest BCUT2D eigenvalue weighted by molar-refractivity contribution is 5.09. The quantitative estimate of drug-likeness (QED) is 0.805. The molecule has 82 valence electrons. The Kier molecular flexibility index (Phi) is 3.69. The Morgan fingerprint density at radius 3 is 3.00 bits per heavy atom. The summed E-state index contributed by atoms with van der Waals surface area (Å²) in [4.78, 5) is 6.55. The highest BCUT2D eigenvalue weighted by atomic mass is 15.2. The van der Waals surface area contributed by atoms with E-state index in [-0.39, 0.29) is 0 Å². The van der Waals surface area contributed by atoms with Crippen LogP contribution in [-0.4, -0.2) is 36.1 Å². The largest absolute Gasteiger partial charge is 0.316 e. The van der Waals surface area contributed by atoms with E-state index < -0.39 is 0 Å². The van der Waals surface area contributed by atoms with Crippen LogP contribution >= 0.6 is 0 Å². The topological polar surface area (TPSA) is 28.2 Å². The van der Waals surface area contributed by atoms with Gasteiger partial charge in [-0.25, -0.2) is 0 Å². The number of likely N-dealkylation sites (tertiary alicyclic amines) is 1. The Morgan fingerprint density at radius 2 is 2.27 bits per heavy atom. The van der Waals surface area contributed by atoms with Gasteiger partial charge in [0.15, 0.2) is 0 Å². The molecule has 3 nitrogen and oxygen atoms in total. The van der Waals surface area contributed by atoms with Crippen LogP contribution in [-0.2, 0) is 6.54 Å². The van der Waals surface area contributed by atoms with Crippen LogP contribution in [0, 0.1) is 0 Å². The molecule has 0 bridgehead atoms. The summed E-state index contributed by atoms with van der Waals surface area (Å²) in [6.07, 6.45) is 6.35. The summed E-state index contributed by atoms with van der Waals surface area (Å²) in [5.41, 5.74) is 1.36. The van der Waals surface area contributed by atoms with E-state index >= 15 is 0 Å². The third kappa shape index (κ3) is 3.01. The van der Waals surface area contributed by atoms with Crippen molar-refractivity contribution >= 4 is 0 Å². The SMILES string of the molecule is CN[C@H]1CCCN(Cc2ccncc2)C1. The maximum Gasteiger partial charge on any atom is 0.0271 e. The Morgan fingerprint density at radius 1 is 1.47 bits per heavy atom. The van der Waals surface area contributed by atoms with Crippen molar-refractivity contribution in [3.8, 4) is 0 Å². The number of pyridine rings is 1. The molecule has 2 heterocycles. The van der Waals surface area contributed by atoms with Crippen molar-refractivity contribution in [2.24, 2.45) is 0 Å². The van der Waals surface area contributed by atoms with Crippen molar-refractivity contribution in [3.05, 3.63) is 30.1 Å². The third-order valence-corrected chi connectivity index (χ3v) is 3.07. The standard InChI is InChI=1S/C12H19N3/c1-13-12-3-2-8-15(10-12)9-11-4-6-14-7-5-11/h4-7,12-13H,2-3,8-10H2,1H3/t12-/m0/s1. The molecule has 0 aliphatic carbocycles. The number of hydrogen-bond donors (Lipinski definition) is 1. The van der Waals surface area contributed by atoms with Crippen molar-refractivity contribution < 1.29 is 0 Å². The van der Waals surface area contributed by atoms with Gasteiger partial charge >= 0.3 is 0 Å². The molecular formula is C12H19N3. The van der Waals surface area contributed by atoms with Gasteiger partial charge in [-0.1, -0.05) is 0 Å². The van der Waals surface area contributed by atoms with Crippen molar-refractivity contribution in [1.82, 2.24) is 15.2 Å². The molecule has 0 spiro atoms. The second-order valence-corrected chi connectivity index (χ2v) is 4.22. The molecule has 15 heavy (non-hydrogen) atoms. The molecule has 1 N–H and O–H groups in total. The summed E-state index contributed by atoms with van der Waals surface area (Å²) in [7, 11) is 2.06. The van der Waals surface area contributed by atoms with Crippen molar-refractivity contribution in [2.45, 2.75) is 25.4 Å². The normalized spacial score (nSPS) is 22.9. The monoisotopic (exact) mass is 205 g/mol. The maximum atomic E-state index is 4.04. The molecule has 2 rings (SSSR count). The van der Waals surface area contributed by atoms with Crippen molar-refractivity contribution in [3.63, 3.8) is 0 Å². The zero-order chi connectivity index (χ0) is 10.5. The lowest BCUT2D eigenvalue weighted by atomic mass is 10.1. The average Bonchev–Trinajstić information content (AvgIpc) is 2.31. The molecule has 1 aromatic rings. The highest BCUT2D eigenvalue weighted by Gasteiger charge is 2.17. The Hall–Kier alpha value is -0.930. The summed E-state index contributed by atoms with van der Waals surface area (Å²) >= 11 is 0. The van der Waals surface area contributed by atoms with E-state index in [9.17, 15) is 0 Å². The lowest BCUT2D eigenvalue weighted by molar-refractivity contribution is 0.188. The molecule has 1 aromatic heterocycles. The number of nitrogens with zero attached hydrogens (tertiary/aromatic N) is 2. The molecule has 1 aliphatic rings. The van der Waals surface area contributed by atoms with Gasteiger partial charge in [-0.15, -0.1) is 0 Å². The fourth-order valence-electron chi connectivity index (χ4n) is 2.18. The van der Waals surface area contributed by atoms with Crippen molar-refractivity contribution in [2.75, 3.05) is 20.1 Å². The highest BCUT2D eigenvalue weighted by Crippen LogP contribution is 2.12. The molecular weight excluding hydrogens is 186 g/mol. The second-order valence-electron chi connectivity index (χ2n) is 4.22. The molecule has 0 aromatic carbocycles. The van der Waals surface area contributed by atoms with Crippen LogP contribution < -0.4 is 5.32 Å². The number of rotatable bonds is 3. The minimum absolute atomic E-state index is 0.667. The van der Waals surface area contributed by atoms with Crippen LogP contribution in [0.25, 0.3) is 0 Å². The van der Waals surface area contributed by atoms with E-state index in [2.05, 4.69) is 34.4 Å². The van der Waals surface area contributed by atoms with Gasteiger partial charge in [0.1, 0.15) is 0 Å². The van der Waals surface area contributed by atoms with Crippen LogP contribution in [0.15, 0.2) is 24.5 Å². The Bertz CT molecular complexity index is 286. The van der Waals surface area contributed by atoms with Crippen LogP contribution in [0.3, 0.4) is 0 Å². The van der Waals surface area contributed by atoms with Gasteiger partial charge in [0.2, 0.25) is 0 Å². The number of piperidine rings is 1. The van der Waals surface area contributed by atoms with E-state index in [1.165, 1.54) is 31.5 Å². The first-order valence-corrected chi connectivity index (χ1v) is 5.67. The summed E-state index contributed by atoms with van der Waals surface area (Å²) < 4.78 is 0. The molecule has 0 unspecified atom stereocenters. The molecule has 1 aliphatic heterocycles. The lowest BCUT2D eigenvalue weighted by Gasteiger charge is -2.32. The van der Waals surface area contributed by atoms with Gasteiger partial charge in [-0.05, 0) is 44.1 Å². The van der Waals surface area contributed by atoms with Gasteiger partial charge in [0, 0.05) is 31.5 Å². The van der Waals surface area contributed by atoms with Gasteiger partial charge in [0.25, 0.3) is 0 Å². The summed E-state index contributed by atoms with van der Waals surface area (Å²) in [6.45, 7) is 3.44. The van der Waals surface area contributed by atoms with Crippen LogP contribution in [0.5, 0.6) is 0 Å². The van der Waals surface area contributed by atoms with Crippen LogP contribution in [0.1, 0.15) is 18.4 Å². The summed E-state index contributed by atoms with van der Waals surface area (Å²) in [6, 6.07) is 4.87. The average molecular weight is 205 g/mol. The molecule has 1 atom stereocenters. The van der Waals surface area contributed by atoms with Crippen molar-refractivity contribution in [1.29, 1.82) is 0 Å². The van der Waals surface area contributed by atoms with Gasteiger partial charge in [-0.2, -0.15) is 0 Å². The number of hydrogen-bond acceptors (Lipinski definition) is 3. The molecule has 1 fully saturated rings. The molecule has 0 saturated carbocycles. The first-order valence-electron chi connectivity index (χ1n) is 5.67. The molecule has 0 radical (unpaired) electrons. The zero-order valence-corrected chi connectivity index (χ0v) is 9.32. The van der Waals surface area contributed by atoms with Gasteiger partial charge < -0.3 is 5.32 Å². The van der Waals surface area contributed by atoms with E-state index in [0.29, 0.717) is 6.04 Å². The van der Waals surface area contributed by atoms with E-state index in [4.69, 9.17) is 0 Å². The maximum absolute atomic E-state index is 4.04. The summed E-state index contributed by atoms with van der Waals surface area (Å²) in [5, 5.41) is 3.37. The molecule has 1 saturated heterocycles. The van der Waals surface area contributed by atoms with E-state index in [1.807, 2.05) is 12.4 Å². The minimum atomic E-state index is 0.667. The Labute approximate surface area is 91.5 Å². The van der Waals surface area contributed by atoms with Gasteiger partial charge in [0.05, 0.1) is 0 Å². The lowest BCUT2D eigenvalue weighted by Crippen LogP contribution is -2.43. The zero-order valence-electron chi connectivity index (χ0n) is 9.32. The first-order chi connectivity index (χ1) is 7.38. The van der Waals surface area contributed by atoms with Crippen LogP contribution in [0.4, 0.5) is 0 Å². The predicted octanol–water partition coefficient (Wildman–Crippen LogP) is 1.27. The Balaban J connectivity index is 1.89. The molecule has 0 amide bonds. The van der Waals surface area contributed by atoms with Crippen LogP contribution in [0.2, 0.25) is 0 Å². The molecule has 3 heteroatoms. The predicted molar refractivity (Wildman–Crippen MR) is 61.6 cm³/mol. The van der Waals surface area contributed by atoms with Gasteiger partial charge in [-0.3, -0.25) is 9.88 Å². The second kappa shape index (κ2) is 5.24. The van der Waals surface area contributed by atoms with E-state index in [0.717, 1.165) is 6.54 Å². The number of nitrogens with one attached hydrogen (secondary N) is 1. The smallest absolute Gasteiger partial charge is 0.0271 e. The fourth-order valence-corrected chi connectivity index (χ4v) is 2.18. The third-order valence-electron chi connectivity index (χ3n) is 3.07. The fraction of sp³-hybridized carbons (Fsp3) is 0.583. The summed E-state index contributed by atoms with van der Waals surface area (Å²) in [5.74, 6) is 0. The van der Waals surface area contributed by atoms with E-state index in [1.54, 1.807) is 0 Å². The number of likely N-dealkylation sites (N-methyl/N-ethyl adjacent to an activating group) is 1. The first kappa shape index (κ1) is 10.6. The number of aromatic nitrogens is 1. The minimum Gasteiger partial charge on any atom is -0.316 e.